The summed E-state index contributed by atoms with van der Waals surface area (Å²) in [6, 6.07) is 0. The summed E-state index contributed by atoms with van der Waals surface area (Å²) in [5, 5.41) is 7.22. The van der Waals surface area contributed by atoms with Gasteiger partial charge in [-0.2, -0.15) is 10.1 Å². The molecule has 0 aliphatic carbocycles. The van der Waals surface area contributed by atoms with Crippen LogP contribution in [0.4, 0.5) is 11.5 Å². The van der Waals surface area contributed by atoms with Crippen LogP contribution in [0.25, 0.3) is 0 Å². The molecule has 2 rings (SSSR count). The minimum Gasteiger partial charge on any atom is -0.476 e. The van der Waals surface area contributed by atoms with Crippen molar-refractivity contribution in [3.05, 3.63) is 24.3 Å². The number of aromatic nitrogens is 4. The number of aryl methyl sites for hydroxylation is 1. The van der Waals surface area contributed by atoms with Crippen LogP contribution in [0.3, 0.4) is 0 Å². The Balaban J connectivity index is 2.07. The number of rotatable bonds is 5. The van der Waals surface area contributed by atoms with E-state index in [0.29, 0.717) is 30.5 Å². The van der Waals surface area contributed by atoms with Gasteiger partial charge in [0.25, 0.3) is 0 Å². The molecule has 2 heterocycles. The van der Waals surface area contributed by atoms with Gasteiger partial charge >= 0.3 is 0 Å². The van der Waals surface area contributed by atoms with E-state index in [0.717, 1.165) is 5.56 Å². The van der Waals surface area contributed by atoms with Crippen LogP contribution in [-0.2, 0) is 13.6 Å². The van der Waals surface area contributed by atoms with E-state index in [1.165, 1.54) is 6.33 Å². The van der Waals surface area contributed by atoms with Crippen LogP contribution in [-0.4, -0.2) is 26.4 Å². The Morgan fingerprint density at radius 2 is 2.28 bits per heavy atom. The van der Waals surface area contributed by atoms with E-state index in [1.54, 1.807) is 10.9 Å². The summed E-state index contributed by atoms with van der Waals surface area (Å²) in [6.45, 7) is 2.99. The highest BCUT2D eigenvalue weighted by Gasteiger charge is 2.08. The average molecular weight is 248 g/mol. The standard InChI is InChI=1S/C11H16N6O/c1-3-18-11-9(12)10(14-7-15-11)13-4-8-5-16-17(2)6-8/h5-7H,3-4,12H2,1-2H3,(H,13,14,15). The molecular formula is C11H16N6O. The molecule has 0 aliphatic rings. The van der Waals surface area contributed by atoms with Crippen molar-refractivity contribution in [3.63, 3.8) is 0 Å². The van der Waals surface area contributed by atoms with Crippen molar-refractivity contribution >= 4 is 11.5 Å². The van der Waals surface area contributed by atoms with Crippen molar-refractivity contribution in [1.82, 2.24) is 19.7 Å². The van der Waals surface area contributed by atoms with Gasteiger partial charge in [-0.25, -0.2) is 4.98 Å². The molecule has 18 heavy (non-hydrogen) atoms. The van der Waals surface area contributed by atoms with Gasteiger partial charge in [-0.3, -0.25) is 4.68 Å². The summed E-state index contributed by atoms with van der Waals surface area (Å²) in [5.74, 6) is 0.971. The Hall–Kier alpha value is -2.31. The molecule has 7 heteroatoms. The first-order valence-corrected chi connectivity index (χ1v) is 5.65. The second kappa shape index (κ2) is 5.35. The van der Waals surface area contributed by atoms with Gasteiger partial charge in [0.05, 0.1) is 12.8 Å². The van der Waals surface area contributed by atoms with Crippen LogP contribution in [0.1, 0.15) is 12.5 Å². The van der Waals surface area contributed by atoms with Crippen molar-refractivity contribution in [2.24, 2.45) is 7.05 Å². The molecule has 0 aliphatic heterocycles. The first-order chi connectivity index (χ1) is 8.70. The van der Waals surface area contributed by atoms with Gasteiger partial charge in [-0.1, -0.05) is 0 Å². The Morgan fingerprint density at radius 1 is 1.44 bits per heavy atom. The first kappa shape index (κ1) is 12.2. The maximum Gasteiger partial charge on any atom is 0.242 e. The molecule has 0 unspecified atom stereocenters. The third-order valence-electron chi connectivity index (χ3n) is 2.35. The van der Waals surface area contributed by atoms with Gasteiger partial charge in [-0.05, 0) is 6.92 Å². The van der Waals surface area contributed by atoms with Crippen molar-refractivity contribution in [2.75, 3.05) is 17.7 Å². The van der Waals surface area contributed by atoms with Crippen LogP contribution in [0.15, 0.2) is 18.7 Å². The minimum absolute atomic E-state index is 0.404. The normalized spacial score (nSPS) is 10.3. The minimum atomic E-state index is 0.404. The molecular weight excluding hydrogens is 232 g/mol. The zero-order valence-electron chi connectivity index (χ0n) is 10.4. The fourth-order valence-corrected chi connectivity index (χ4v) is 1.52. The second-order valence-electron chi connectivity index (χ2n) is 3.75. The lowest BCUT2D eigenvalue weighted by Crippen LogP contribution is -2.07. The maximum atomic E-state index is 5.91. The number of hydrogen-bond donors (Lipinski definition) is 2. The van der Waals surface area contributed by atoms with E-state index in [1.807, 2.05) is 20.2 Å². The molecule has 0 bridgehead atoms. The number of ether oxygens (including phenoxy) is 1. The molecule has 0 radical (unpaired) electrons. The lowest BCUT2D eigenvalue weighted by molar-refractivity contribution is 0.328. The molecule has 0 atom stereocenters. The number of nitrogens with one attached hydrogen (secondary N) is 1. The predicted octanol–water partition coefficient (Wildman–Crippen LogP) is 0.803. The van der Waals surface area contributed by atoms with Crippen LogP contribution in [0, 0.1) is 0 Å². The zero-order valence-corrected chi connectivity index (χ0v) is 10.4. The largest absolute Gasteiger partial charge is 0.476 e. The predicted molar refractivity (Wildman–Crippen MR) is 68.1 cm³/mol. The summed E-state index contributed by atoms with van der Waals surface area (Å²) in [7, 11) is 1.87. The summed E-state index contributed by atoms with van der Waals surface area (Å²) < 4.78 is 7.04. The van der Waals surface area contributed by atoms with Gasteiger partial charge in [-0.15, -0.1) is 0 Å². The molecule has 0 spiro atoms. The Morgan fingerprint density at radius 3 is 2.94 bits per heavy atom. The molecule has 7 nitrogen and oxygen atoms in total. The van der Waals surface area contributed by atoms with Gasteiger partial charge in [0.15, 0.2) is 5.82 Å². The average Bonchev–Trinajstić information content (AvgIpc) is 2.77. The third-order valence-corrected chi connectivity index (χ3v) is 2.35. The van der Waals surface area contributed by atoms with Crippen LogP contribution in [0.2, 0.25) is 0 Å². The molecule has 3 N–H and O–H groups in total. The smallest absolute Gasteiger partial charge is 0.242 e. The Labute approximate surface area is 105 Å². The second-order valence-corrected chi connectivity index (χ2v) is 3.75. The molecule has 0 aromatic carbocycles. The number of nitrogen functional groups attached to an aromatic ring is 1. The van der Waals surface area contributed by atoms with Gasteiger partial charge in [0.2, 0.25) is 5.88 Å². The monoisotopic (exact) mass is 248 g/mol. The van der Waals surface area contributed by atoms with Crippen molar-refractivity contribution in [2.45, 2.75) is 13.5 Å². The Kier molecular flexibility index (Phi) is 3.61. The number of nitrogens with zero attached hydrogens (tertiary/aromatic N) is 4. The van der Waals surface area contributed by atoms with Gasteiger partial charge in [0.1, 0.15) is 12.0 Å². The fourth-order valence-electron chi connectivity index (χ4n) is 1.52. The van der Waals surface area contributed by atoms with Crippen LogP contribution >= 0.6 is 0 Å². The highest BCUT2D eigenvalue weighted by Crippen LogP contribution is 2.24. The van der Waals surface area contributed by atoms with Crippen molar-refractivity contribution < 1.29 is 4.74 Å². The lowest BCUT2D eigenvalue weighted by Gasteiger charge is -2.10. The molecule has 0 saturated heterocycles. The molecule has 0 amide bonds. The van der Waals surface area contributed by atoms with Gasteiger partial charge < -0.3 is 15.8 Å². The highest BCUT2D eigenvalue weighted by atomic mass is 16.5. The number of nitrogens with two attached hydrogens (primary N) is 1. The molecule has 0 fully saturated rings. The summed E-state index contributed by atoms with van der Waals surface area (Å²) >= 11 is 0. The summed E-state index contributed by atoms with van der Waals surface area (Å²) in [6.07, 6.45) is 5.13. The van der Waals surface area contributed by atoms with E-state index in [-0.39, 0.29) is 0 Å². The van der Waals surface area contributed by atoms with E-state index < -0.39 is 0 Å². The van der Waals surface area contributed by atoms with Crippen LogP contribution < -0.4 is 15.8 Å². The molecule has 2 aromatic heterocycles. The molecule has 2 aromatic rings. The number of hydrogen-bond acceptors (Lipinski definition) is 6. The Bertz CT molecular complexity index is 524. The summed E-state index contributed by atoms with van der Waals surface area (Å²) in [4.78, 5) is 8.06. The quantitative estimate of drug-likeness (QED) is 0.813. The topological polar surface area (TPSA) is 90.9 Å². The van der Waals surface area contributed by atoms with E-state index >= 15 is 0 Å². The third kappa shape index (κ3) is 2.68. The molecule has 96 valence electrons. The van der Waals surface area contributed by atoms with E-state index in [4.69, 9.17) is 10.5 Å². The zero-order chi connectivity index (χ0) is 13.0. The fraction of sp³-hybridized carbons (Fsp3) is 0.364. The van der Waals surface area contributed by atoms with Crippen molar-refractivity contribution in [3.8, 4) is 5.88 Å². The number of anilines is 2. The maximum absolute atomic E-state index is 5.91. The summed E-state index contributed by atoms with van der Waals surface area (Å²) in [5.41, 5.74) is 7.37. The highest BCUT2D eigenvalue weighted by molar-refractivity contribution is 5.66. The first-order valence-electron chi connectivity index (χ1n) is 5.65. The van der Waals surface area contributed by atoms with Crippen LogP contribution in [0.5, 0.6) is 5.88 Å². The van der Waals surface area contributed by atoms with E-state index in [9.17, 15) is 0 Å². The van der Waals surface area contributed by atoms with Gasteiger partial charge in [0, 0.05) is 25.4 Å². The lowest BCUT2D eigenvalue weighted by atomic mass is 10.3. The van der Waals surface area contributed by atoms with E-state index in [2.05, 4.69) is 20.4 Å². The molecule has 0 saturated carbocycles. The SMILES string of the molecule is CCOc1ncnc(NCc2cnn(C)c2)c1N. The van der Waals surface area contributed by atoms with Crippen molar-refractivity contribution in [1.29, 1.82) is 0 Å².